The third-order valence-corrected chi connectivity index (χ3v) is 5.47. The van der Waals surface area contributed by atoms with Crippen LogP contribution in [0.25, 0.3) is 0 Å². The molecule has 0 radical (unpaired) electrons. The average molecular weight is 382 g/mol. The summed E-state index contributed by atoms with van der Waals surface area (Å²) in [6, 6.07) is 2.61. The maximum Gasteiger partial charge on any atom is 0.417 e. The van der Waals surface area contributed by atoms with E-state index >= 15 is 0 Å². The normalized spacial score (nSPS) is 12.8. The molecular formula is C8H5Br2F3O2S. The van der Waals surface area contributed by atoms with Crippen molar-refractivity contribution in [1.29, 1.82) is 0 Å². The fraction of sp³-hybridized carbons (Fsp3) is 0.250. The van der Waals surface area contributed by atoms with Crippen LogP contribution >= 0.6 is 31.9 Å². The van der Waals surface area contributed by atoms with Crippen LogP contribution < -0.4 is 0 Å². The van der Waals surface area contributed by atoms with Gasteiger partial charge >= 0.3 is 6.18 Å². The highest BCUT2D eigenvalue weighted by Crippen LogP contribution is 2.36. The number of sulfone groups is 1. The zero-order chi connectivity index (χ0) is 12.6. The van der Waals surface area contributed by atoms with E-state index < -0.39 is 21.6 Å². The van der Waals surface area contributed by atoms with Crippen molar-refractivity contribution in [3.05, 3.63) is 28.2 Å². The van der Waals surface area contributed by atoms with Crippen molar-refractivity contribution in [3.63, 3.8) is 0 Å². The SMILES string of the molecule is O=S(=O)(CBr)c1ccc(C(F)(F)F)c(Br)c1. The maximum absolute atomic E-state index is 12.4. The number of hydrogen-bond donors (Lipinski definition) is 0. The number of benzene rings is 1. The summed E-state index contributed by atoms with van der Waals surface area (Å²) in [5, 5.41) is 0. The lowest BCUT2D eigenvalue weighted by Gasteiger charge is -2.10. The van der Waals surface area contributed by atoms with Gasteiger partial charge in [0, 0.05) is 4.47 Å². The molecule has 0 unspecified atom stereocenters. The number of hydrogen-bond acceptors (Lipinski definition) is 2. The molecule has 0 aliphatic heterocycles. The van der Waals surface area contributed by atoms with E-state index in [1.165, 1.54) is 0 Å². The number of rotatable bonds is 2. The van der Waals surface area contributed by atoms with Gasteiger partial charge in [-0.1, -0.05) is 31.9 Å². The zero-order valence-electron chi connectivity index (χ0n) is 7.55. The summed E-state index contributed by atoms with van der Waals surface area (Å²) in [4.78, 5) is -0.163. The Hall–Kier alpha value is -0.0800. The first kappa shape index (κ1) is 14.0. The molecule has 90 valence electrons. The molecule has 0 aliphatic rings. The Morgan fingerprint density at radius 2 is 1.81 bits per heavy atom. The molecule has 0 amide bonds. The molecule has 0 atom stereocenters. The van der Waals surface area contributed by atoms with Gasteiger partial charge in [0.1, 0.15) is 4.66 Å². The molecule has 0 bridgehead atoms. The second kappa shape index (κ2) is 4.66. The summed E-state index contributed by atoms with van der Waals surface area (Å²) in [6.07, 6.45) is -4.50. The Morgan fingerprint density at radius 3 is 2.19 bits per heavy atom. The van der Waals surface area contributed by atoms with E-state index in [1.54, 1.807) is 0 Å². The molecule has 1 aromatic rings. The molecule has 1 aromatic carbocycles. The lowest BCUT2D eigenvalue weighted by Crippen LogP contribution is -2.08. The molecule has 0 N–H and O–H groups in total. The molecule has 2 nitrogen and oxygen atoms in total. The van der Waals surface area contributed by atoms with Gasteiger partial charge in [0.05, 0.1) is 10.5 Å². The molecule has 16 heavy (non-hydrogen) atoms. The molecule has 0 fully saturated rings. The van der Waals surface area contributed by atoms with Crippen LogP contribution in [0.15, 0.2) is 27.6 Å². The molecule has 0 aliphatic carbocycles. The second-order valence-corrected chi connectivity index (χ2v) is 7.01. The second-order valence-electron chi connectivity index (χ2n) is 2.86. The largest absolute Gasteiger partial charge is 0.417 e. The van der Waals surface area contributed by atoms with Crippen LogP contribution in [-0.4, -0.2) is 13.1 Å². The number of halogens is 5. The Bertz CT molecular complexity index is 496. The summed E-state index contributed by atoms with van der Waals surface area (Å²) < 4.78 is 59.2. The van der Waals surface area contributed by atoms with E-state index in [0.717, 1.165) is 18.2 Å². The summed E-state index contributed by atoms with van der Waals surface area (Å²) in [5.41, 5.74) is -0.902. The highest BCUT2D eigenvalue weighted by Gasteiger charge is 2.33. The van der Waals surface area contributed by atoms with Crippen LogP contribution in [0, 0.1) is 0 Å². The lowest BCUT2D eigenvalue weighted by molar-refractivity contribution is -0.138. The van der Waals surface area contributed by atoms with Crippen molar-refractivity contribution in [2.24, 2.45) is 0 Å². The monoisotopic (exact) mass is 380 g/mol. The minimum atomic E-state index is -4.50. The highest BCUT2D eigenvalue weighted by atomic mass is 79.9. The van der Waals surface area contributed by atoms with Gasteiger partial charge in [-0.05, 0) is 18.2 Å². The van der Waals surface area contributed by atoms with E-state index in [1.807, 2.05) is 0 Å². The van der Waals surface area contributed by atoms with Crippen LogP contribution in [0.5, 0.6) is 0 Å². The van der Waals surface area contributed by atoms with E-state index in [0.29, 0.717) is 0 Å². The van der Waals surface area contributed by atoms with Crippen LogP contribution in [-0.2, 0) is 16.0 Å². The van der Waals surface area contributed by atoms with Crippen LogP contribution in [0.1, 0.15) is 5.56 Å². The summed E-state index contributed by atoms with van der Waals surface area (Å²) >= 11 is 5.47. The van der Waals surface area contributed by atoms with E-state index in [4.69, 9.17) is 0 Å². The van der Waals surface area contributed by atoms with Gasteiger partial charge in [-0.15, -0.1) is 0 Å². The molecule has 0 heterocycles. The van der Waals surface area contributed by atoms with E-state index in [-0.39, 0.29) is 14.0 Å². The zero-order valence-corrected chi connectivity index (χ0v) is 11.5. The predicted molar refractivity (Wildman–Crippen MR) is 60.1 cm³/mol. The molecule has 1 rings (SSSR count). The Balaban J connectivity index is 3.31. The van der Waals surface area contributed by atoms with Gasteiger partial charge in [-0.3, -0.25) is 0 Å². The van der Waals surface area contributed by atoms with Crippen molar-refractivity contribution in [3.8, 4) is 0 Å². The first-order chi connectivity index (χ1) is 7.18. The number of alkyl halides is 4. The maximum atomic E-state index is 12.4. The fourth-order valence-electron chi connectivity index (χ4n) is 0.982. The molecule has 8 heteroatoms. The molecule has 0 spiro atoms. The molecule has 0 saturated heterocycles. The minimum Gasteiger partial charge on any atom is -0.223 e. The van der Waals surface area contributed by atoms with E-state index in [9.17, 15) is 21.6 Å². The summed E-state index contributed by atoms with van der Waals surface area (Å²) in [5.74, 6) is 0. The third-order valence-electron chi connectivity index (χ3n) is 1.75. The minimum absolute atomic E-state index is 0.163. The molecular weight excluding hydrogens is 377 g/mol. The average Bonchev–Trinajstić information content (AvgIpc) is 2.15. The standard InChI is InChI=1S/C8H5Br2F3O2S/c9-4-16(14,15)5-1-2-6(7(10)3-5)8(11,12)13/h1-3H,4H2. The van der Waals surface area contributed by atoms with Crippen molar-refractivity contribution in [2.45, 2.75) is 11.1 Å². The van der Waals surface area contributed by atoms with Gasteiger partial charge in [0.25, 0.3) is 0 Å². The first-order valence-corrected chi connectivity index (χ1v) is 7.40. The summed E-state index contributed by atoms with van der Waals surface area (Å²) in [6.45, 7) is 0. The fourth-order valence-corrected chi connectivity index (χ4v) is 3.23. The topological polar surface area (TPSA) is 34.1 Å². The smallest absolute Gasteiger partial charge is 0.223 e. The Morgan fingerprint density at radius 1 is 1.25 bits per heavy atom. The first-order valence-electron chi connectivity index (χ1n) is 3.84. The van der Waals surface area contributed by atoms with Crippen molar-refractivity contribution < 1.29 is 21.6 Å². The van der Waals surface area contributed by atoms with Crippen molar-refractivity contribution >= 4 is 41.7 Å². The van der Waals surface area contributed by atoms with Gasteiger partial charge < -0.3 is 0 Å². The molecule has 0 saturated carbocycles. The Labute approximate surface area is 107 Å². The van der Waals surface area contributed by atoms with E-state index in [2.05, 4.69) is 31.9 Å². The third kappa shape index (κ3) is 2.98. The van der Waals surface area contributed by atoms with Crippen LogP contribution in [0.4, 0.5) is 13.2 Å². The Kier molecular flexibility index (Phi) is 4.07. The quantitative estimate of drug-likeness (QED) is 0.733. The van der Waals surface area contributed by atoms with Gasteiger partial charge in [0.2, 0.25) is 0 Å². The van der Waals surface area contributed by atoms with Crippen molar-refractivity contribution in [2.75, 3.05) is 4.66 Å². The lowest BCUT2D eigenvalue weighted by atomic mass is 10.2. The predicted octanol–water partition coefficient (Wildman–Crippen LogP) is 3.59. The summed E-state index contributed by atoms with van der Waals surface area (Å²) in [7, 11) is -3.56. The van der Waals surface area contributed by atoms with Gasteiger partial charge in [-0.2, -0.15) is 13.2 Å². The van der Waals surface area contributed by atoms with Gasteiger partial charge in [0.15, 0.2) is 9.84 Å². The van der Waals surface area contributed by atoms with Crippen LogP contribution in [0.3, 0.4) is 0 Å². The van der Waals surface area contributed by atoms with Crippen LogP contribution in [0.2, 0.25) is 0 Å². The van der Waals surface area contributed by atoms with Gasteiger partial charge in [-0.25, -0.2) is 8.42 Å². The van der Waals surface area contributed by atoms with Crippen molar-refractivity contribution in [1.82, 2.24) is 0 Å². The highest BCUT2D eigenvalue weighted by molar-refractivity contribution is 9.11. The molecule has 0 aromatic heterocycles.